The van der Waals surface area contributed by atoms with Gasteiger partial charge in [-0.2, -0.15) is 0 Å². The Bertz CT molecular complexity index is 175. The quantitative estimate of drug-likeness (QED) is 0.558. The van der Waals surface area contributed by atoms with E-state index in [2.05, 4.69) is 20.1 Å². The third-order valence-corrected chi connectivity index (χ3v) is 1.45. The van der Waals surface area contributed by atoms with Gasteiger partial charge in [0, 0.05) is 20.3 Å². The van der Waals surface area contributed by atoms with Gasteiger partial charge in [0.05, 0.1) is 0 Å². The molecule has 0 heterocycles. The highest BCUT2D eigenvalue weighted by atomic mass is 15.0. The van der Waals surface area contributed by atoms with Gasteiger partial charge in [0.25, 0.3) is 0 Å². The second-order valence-electron chi connectivity index (χ2n) is 2.71. The third-order valence-electron chi connectivity index (χ3n) is 1.45. The maximum absolute atomic E-state index is 3.93. The van der Waals surface area contributed by atoms with E-state index in [4.69, 9.17) is 0 Å². The normalized spacial score (nSPS) is 11.0. The maximum atomic E-state index is 3.93. The third kappa shape index (κ3) is 3.66. The number of hydrogen-bond acceptors (Lipinski definition) is 1. The van der Waals surface area contributed by atoms with Crippen LogP contribution in [-0.4, -0.2) is 19.0 Å². The van der Waals surface area contributed by atoms with Gasteiger partial charge in [-0.1, -0.05) is 26.2 Å². The Hall–Kier alpha value is -0.980. The molecule has 0 saturated heterocycles. The van der Waals surface area contributed by atoms with Crippen LogP contribution in [0.2, 0.25) is 0 Å². The molecule has 0 bridgehead atoms. The Kier molecular flexibility index (Phi) is 4.35. The van der Waals surface area contributed by atoms with Crippen LogP contribution in [0.5, 0.6) is 0 Å². The standard InChI is InChI=1S/C10H17N/c1-6-9(3)10(7-2)8-11(4)5/h7-8H,2-3,6H2,1,4-5H3/b10-8+. The van der Waals surface area contributed by atoms with Crippen LogP contribution in [0.1, 0.15) is 13.3 Å². The first-order valence-corrected chi connectivity index (χ1v) is 3.80. The summed E-state index contributed by atoms with van der Waals surface area (Å²) in [7, 11) is 3.98. The van der Waals surface area contributed by atoms with Gasteiger partial charge in [-0.3, -0.25) is 0 Å². The number of rotatable bonds is 4. The van der Waals surface area contributed by atoms with Crippen molar-refractivity contribution in [3.05, 3.63) is 36.6 Å². The zero-order valence-electron chi connectivity index (χ0n) is 7.72. The van der Waals surface area contributed by atoms with Crippen LogP contribution in [-0.2, 0) is 0 Å². The Morgan fingerprint density at radius 3 is 2.27 bits per heavy atom. The van der Waals surface area contributed by atoms with Gasteiger partial charge in [-0.25, -0.2) is 0 Å². The molecule has 1 nitrogen and oxygen atoms in total. The van der Waals surface area contributed by atoms with Crippen molar-refractivity contribution in [3.8, 4) is 0 Å². The smallest absolute Gasteiger partial charge is 0.00610 e. The molecule has 1 heteroatoms. The second-order valence-corrected chi connectivity index (χ2v) is 2.71. The van der Waals surface area contributed by atoms with Gasteiger partial charge in [-0.05, 0) is 17.6 Å². The van der Waals surface area contributed by atoms with Gasteiger partial charge in [0.1, 0.15) is 0 Å². The molecular weight excluding hydrogens is 134 g/mol. The molecule has 0 saturated carbocycles. The highest BCUT2D eigenvalue weighted by molar-refractivity contribution is 5.35. The highest BCUT2D eigenvalue weighted by Gasteiger charge is 1.94. The van der Waals surface area contributed by atoms with Crippen LogP contribution in [0, 0.1) is 0 Å². The maximum Gasteiger partial charge on any atom is 0.00610 e. The summed E-state index contributed by atoms with van der Waals surface area (Å²) in [4.78, 5) is 2.00. The minimum atomic E-state index is 0.978. The van der Waals surface area contributed by atoms with Crippen LogP contribution in [0.25, 0.3) is 0 Å². The lowest BCUT2D eigenvalue weighted by atomic mass is 10.1. The molecule has 0 spiro atoms. The summed E-state index contributed by atoms with van der Waals surface area (Å²) >= 11 is 0. The van der Waals surface area contributed by atoms with Crippen molar-refractivity contribution >= 4 is 0 Å². The summed E-state index contributed by atoms with van der Waals surface area (Å²) < 4.78 is 0. The van der Waals surface area contributed by atoms with E-state index in [1.165, 1.54) is 0 Å². The Morgan fingerprint density at radius 2 is 2.00 bits per heavy atom. The molecule has 0 aromatic carbocycles. The molecule has 0 aromatic heterocycles. The summed E-state index contributed by atoms with van der Waals surface area (Å²) in [5, 5.41) is 0. The molecular formula is C10H17N. The topological polar surface area (TPSA) is 3.24 Å². The van der Waals surface area contributed by atoms with Crippen molar-refractivity contribution in [2.45, 2.75) is 13.3 Å². The van der Waals surface area contributed by atoms with Crippen LogP contribution in [0.4, 0.5) is 0 Å². The van der Waals surface area contributed by atoms with Gasteiger partial charge in [-0.15, -0.1) is 0 Å². The molecule has 0 atom stereocenters. The van der Waals surface area contributed by atoms with Gasteiger partial charge in [0.15, 0.2) is 0 Å². The number of hydrogen-bond donors (Lipinski definition) is 0. The summed E-state index contributed by atoms with van der Waals surface area (Å²) in [6.45, 7) is 9.75. The molecule has 0 amide bonds. The van der Waals surface area contributed by atoms with Gasteiger partial charge < -0.3 is 4.90 Å². The zero-order valence-corrected chi connectivity index (χ0v) is 7.72. The summed E-state index contributed by atoms with van der Waals surface area (Å²) in [5.74, 6) is 0. The van der Waals surface area contributed by atoms with E-state index >= 15 is 0 Å². The van der Waals surface area contributed by atoms with E-state index in [1.807, 2.05) is 31.3 Å². The van der Waals surface area contributed by atoms with Crippen LogP contribution in [0.15, 0.2) is 36.6 Å². The first kappa shape index (κ1) is 10.0. The van der Waals surface area contributed by atoms with Gasteiger partial charge >= 0.3 is 0 Å². The lowest BCUT2D eigenvalue weighted by Gasteiger charge is -2.09. The molecule has 0 N–H and O–H groups in total. The second kappa shape index (κ2) is 4.78. The summed E-state index contributed by atoms with van der Waals surface area (Å²) in [6, 6.07) is 0. The first-order chi connectivity index (χ1) is 5.11. The number of allylic oxidation sites excluding steroid dienone is 3. The Morgan fingerprint density at radius 1 is 1.45 bits per heavy atom. The number of nitrogens with zero attached hydrogens (tertiary/aromatic N) is 1. The lowest BCUT2D eigenvalue weighted by Crippen LogP contribution is -2.02. The fraction of sp³-hybridized carbons (Fsp3) is 0.400. The van der Waals surface area contributed by atoms with Gasteiger partial charge in [0.2, 0.25) is 0 Å². The first-order valence-electron chi connectivity index (χ1n) is 3.80. The van der Waals surface area contributed by atoms with E-state index in [-0.39, 0.29) is 0 Å². The average Bonchev–Trinajstić information content (AvgIpc) is 1.98. The zero-order chi connectivity index (χ0) is 8.85. The molecule has 11 heavy (non-hydrogen) atoms. The predicted molar refractivity (Wildman–Crippen MR) is 51.4 cm³/mol. The molecule has 0 rings (SSSR count). The molecule has 0 aromatic rings. The predicted octanol–water partition coefficient (Wildman–Crippen LogP) is 2.58. The van der Waals surface area contributed by atoms with Crippen molar-refractivity contribution in [2.75, 3.05) is 14.1 Å². The van der Waals surface area contributed by atoms with Crippen molar-refractivity contribution in [3.63, 3.8) is 0 Å². The van der Waals surface area contributed by atoms with Crippen molar-refractivity contribution in [2.24, 2.45) is 0 Å². The molecule has 0 fully saturated rings. The van der Waals surface area contributed by atoms with Crippen molar-refractivity contribution < 1.29 is 0 Å². The molecule has 0 aliphatic rings. The Labute approximate surface area is 69.7 Å². The minimum Gasteiger partial charge on any atom is -0.383 e. The molecule has 0 unspecified atom stereocenters. The summed E-state index contributed by atoms with van der Waals surface area (Å²) in [6.07, 6.45) is 4.84. The fourth-order valence-electron chi connectivity index (χ4n) is 0.771. The highest BCUT2D eigenvalue weighted by Crippen LogP contribution is 2.12. The largest absolute Gasteiger partial charge is 0.383 e. The average molecular weight is 151 g/mol. The fourth-order valence-corrected chi connectivity index (χ4v) is 0.771. The van der Waals surface area contributed by atoms with Crippen LogP contribution < -0.4 is 0 Å². The van der Waals surface area contributed by atoms with Crippen molar-refractivity contribution in [1.29, 1.82) is 0 Å². The molecule has 0 aliphatic carbocycles. The van der Waals surface area contributed by atoms with E-state index < -0.39 is 0 Å². The Balaban J connectivity index is 4.39. The van der Waals surface area contributed by atoms with E-state index in [0.29, 0.717) is 0 Å². The minimum absolute atomic E-state index is 0.978. The molecule has 0 radical (unpaired) electrons. The van der Waals surface area contributed by atoms with E-state index in [9.17, 15) is 0 Å². The SMILES string of the molecule is C=C/C(=C\N(C)C)C(=C)CC. The lowest BCUT2D eigenvalue weighted by molar-refractivity contribution is 0.560. The van der Waals surface area contributed by atoms with Crippen LogP contribution in [0.3, 0.4) is 0 Å². The van der Waals surface area contributed by atoms with Crippen LogP contribution >= 0.6 is 0 Å². The van der Waals surface area contributed by atoms with E-state index in [0.717, 1.165) is 17.6 Å². The molecule has 0 aliphatic heterocycles. The van der Waals surface area contributed by atoms with E-state index in [1.54, 1.807) is 0 Å². The summed E-state index contributed by atoms with van der Waals surface area (Å²) in [5.41, 5.74) is 2.26. The monoisotopic (exact) mass is 151 g/mol. The molecule has 62 valence electrons. The van der Waals surface area contributed by atoms with Crippen molar-refractivity contribution in [1.82, 2.24) is 4.90 Å².